The van der Waals surface area contributed by atoms with Gasteiger partial charge in [0.2, 0.25) is 0 Å². The highest BCUT2D eigenvalue weighted by Gasteiger charge is 2.09. The summed E-state index contributed by atoms with van der Waals surface area (Å²) in [6.45, 7) is 6.97. The second-order valence-electron chi connectivity index (χ2n) is 3.75. The van der Waals surface area contributed by atoms with Crippen LogP contribution in [0.15, 0.2) is 17.4 Å². The van der Waals surface area contributed by atoms with Crippen LogP contribution in [-0.2, 0) is 14.9 Å². The summed E-state index contributed by atoms with van der Waals surface area (Å²) < 4.78 is 32.3. The topological polar surface area (TPSA) is 103 Å². The molecule has 112 valence electrons. The fourth-order valence-corrected chi connectivity index (χ4v) is 1.84. The molecule has 0 aromatic carbocycles. The molecule has 8 nitrogen and oxygen atoms in total. The quantitative estimate of drug-likeness (QED) is 0.288. The van der Waals surface area contributed by atoms with Gasteiger partial charge in [0.1, 0.15) is 18.8 Å². The second kappa shape index (κ2) is 8.86. The summed E-state index contributed by atoms with van der Waals surface area (Å²) >= 11 is 0. The first-order valence-electron chi connectivity index (χ1n) is 5.77. The Labute approximate surface area is 114 Å². The Morgan fingerprint density at radius 3 is 2.79 bits per heavy atom. The number of hydrogen-bond donors (Lipinski definition) is 3. The molecule has 0 aromatic rings. The third kappa shape index (κ3) is 8.54. The molecule has 0 heterocycles. The molecule has 9 heteroatoms. The molecule has 0 aliphatic heterocycles. The van der Waals surface area contributed by atoms with Crippen LogP contribution in [0.3, 0.4) is 0 Å². The van der Waals surface area contributed by atoms with Crippen molar-refractivity contribution >= 4 is 16.5 Å². The predicted molar refractivity (Wildman–Crippen MR) is 73.4 cm³/mol. The Balaban J connectivity index is 4.30. The summed E-state index contributed by atoms with van der Waals surface area (Å²) in [4.78, 5) is 5.39. The third-order valence-corrected chi connectivity index (χ3v) is 3.17. The molecule has 0 fully saturated rings. The van der Waals surface area contributed by atoms with Gasteiger partial charge in [-0.3, -0.25) is 4.72 Å². The van der Waals surface area contributed by atoms with Crippen molar-refractivity contribution in [3.05, 3.63) is 12.4 Å². The highest BCUT2D eigenvalue weighted by atomic mass is 32.2. The molecule has 19 heavy (non-hydrogen) atoms. The Morgan fingerprint density at radius 2 is 2.26 bits per heavy atom. The summed E-state index contributed by atoms with van der Waals surface area (Å²) in [5.74, 6) is -0.0216. The minimum Gasteiger partial charge on any atom is -0.371 e. The van der Waals surface area contributed by atoms with Gasteiger partial charge in [-0.25, -0.2) is 4.99 Å². The summed E-state index contributed by atoms with van der Waals surface area (Å²) in [7, 11) is -1.96. The average molecular weight is 294 g/mol. The van der Waals surface area contributed by atoms with Crippen LogP contribution in [0.25, 0.3) is 0 Å². The third-order valence-electron chi connectivity index (χ3n) is 2.08. The molecule has 0 aliphatic rings. The molecule has 0 amide bonds. The molecule has 0 rings (SSSR count). The Kier molecular flexibility index (Phi) is 8.32. The molecule has 0 saturated carbocycles. The van der Waals surface area contributed by atoms with E-state index in [0.717, 1.165) is 0 Å². The minimum absolute atomic E-state index is 0.0216. The fourth-order valence-electron chi connectivity index (χ4n) is 0.934. The van der Waals surface area contributed by atoms with Gasteiger partial charge in [-0.1, -0.05) is 13.5 Å². The van der Waals surface area contributed by atoms with Crippen molar-refractivity contribution in [2.45, 2.75) is 26.5 Å². The molecule has 0 spiro atoms. The summed E-state index contributed by atoms with van der Waals surface area (Å²) in [5.41, 5.74) is 0. The zero-order chi connectivity index (χ0) is 14.9. The van der Waals surface area contributed by atoms with Crippen molar-refractivity contribution < 1.29 is 18.3 Å². The second-order valence-corrected chi connectivity index (χ2v) is 5.25. The molecule has 0 radical (unpaired) electrons. The standard InChI is InChI=1S/C10H22N4O4S/c1-5-6-12-19(16,17)13-9(2)11-7-14(4)10(3)18-8-15/h7,10,12-13,15H,2,5-6,8H2,1,3-4H3/b11-7-. The number of hydrogen-bond acceptors (Lipinski definition) is 5. The van der Waals surface area contributed by atoms with Gasteiger partial charge < -0.3 is 14.7 Å². The van der Waals surface area contributed by atoms with E-state index in [1.165, 1.54) is 6.34 Å². The molecule has 1 unspecified atom stereocenters. The first-order valence-corrected chi connectivity index (χ1v) is 7.25. The van der Waals surface area contributed by atoms with Gasteiger partial charge in [-0.15, -0.1) is 0 Å². The first-order chi connectivity index (χ1) is 8.82. The molecule has 0 aliphatic carbocycles. The van der Waals surface area contributed by atoms with E-state index >= 15 is 0 Å². The molecule has 0 saturated heterocycles. The van der Waals surface area contributed by atoms with Gasteiger partial charge in [0.15, 0.2) is 0 Å². The number of nitrogens with one attached hydrogen (secondary N) is 2. The fraction of sp³-hybridized carbons (Fsp3) is 0.700. The maximum absolute atomic E-state index is 11.5. The van der Waals surface area contributed by atoms with Gasteiger partial charge in [0.25, 0.3) is 10.2 Å². The molecule has 1 atom stereocenters. The summed E-state index contributed by atoms with van der Waals surface area (Å²) in [6, 6.07) is 0. The number of rotatable bonds is 10. The van der Waals surface area contributed by atoms with E-state index < -0.39 is 23.2 Å². The first kappa shape index (κ1) is 17.8. The van der Waals surface area contributed by atoms with E-state index in [2.05, 4.69) is 21.0 Å². The van der Waals surface area contributed by atoms with Gasteiger partial charge in [0.05, 0.1) is 6.34 Å². The summed E-state index contributed by atoms with van der Waals surface area (Å²) in [6.07, 6.45) is 1.65. The molecule has 3 N–H and O–H groups in total. The van der Waals surface area contributed by atoms with Crippen LogP contribution >= 0.6 is 0 Å². The van der Waals surface area contributed by atoms with Gasteiger partial charge >= 0.3 is 0 Å². The minimum atomic E-state index is -3.62. The van der Waals surface area contributed by atoms with Crippen molar-refractivity contribution in [2.75, 3.05) is 20.4 Å². The van der Waals surface area contributed by atoms with Crippen LogP contribution in [0.2, 0.25) is 0 Å². The number of aliphatic hydroxyl groups is 1. The molecule has 0 bridgehead atoms. The predicted octanol–water partition coefficient (Wildman–Crippen LogP) is -0.436. The van der Waals surface area contributed by atoms with Crippen molar-refractivity contribution in [1.29, 1.82) is 0 Å². The normalized spacial score (nSPS) is 13.5. The lowest BCUT2D eigenvalue weighted by molar-refractivity contribution is -0.0816. The van der Waals surface area contributed by atoms with Gasteiger partial charge in [-0.05, 0) is 13.3 Å². The number of aliphatic hydroxyl groups excluding tert-OH is 1. The highest BCUT2D eigenvalue weighted by Crippen LogP contribution is 1.96. The van der Waals surface area contributed by atoms with E-state index in [-0.39, 0.29) is 5.82 Å². The largest absolute Gasteiger partial charge is 0.371 e. The molecule has 0 aromatic heterocycles. The Hall–Kier alpha value is -1.16. The molecular formula is C10H22N4O4S. The molecular weight excluding hydrogens is 272 g/mol. The lowest BCUT2D eigenvalue weighted by Gasteiger charge is -2.21. The van der Waals surface area contributed by atoms with Gasteiger partial charge in [0, 0.05) is 13.6 Å². The lowest BCUT2D eigenvalue weighted by Crippen LogP contribution is -2.36. The van der Waals surface area contributed by atoms with Crippen LogP contribution in [0.5, 0.6) is 0 Å². The van der Waals surface area contributed by atoms with Crippen molar-refractivity contribution in [1.82, 2.24) is 14.3 Å². The van der Waals surface area contributed by atoms with Crippen LogP contribution in [-0.4, -0.2) is 51.4 Å². The van der Waals surface area contributed by atoms with Crippen molar-refractivity contribution in [3.8, 4) is 0 Å². The van der Waals surface area contributed by atoms with Crippen LogP contribution < -0.4 is 9.44 Å². The zero-order valence-electron chi connectivity index (χ0n) is 11.5. The Morgan fingerprint density at radius 1 is 1.63 bits per heavy atom. The summed E-state index contributed by atoms with van der Waals surface area (Å²) in [5, 5.41) is 8.59. The van der Waals surface area contributed by atoms with E-state index in [4.69, 9.17) is 9.84 Å². The smallest absolute Gasteiger partial charge is 0.300 e. The maximum Gasteiger partial charge on any atom is 0.300 e. The van der Waals surface area contributed by atoms with Crippen LogP contribution in [0.1, 0.15) is 20.3 Å². The van der Waals surface area contributed by atoms with Crippen molar-refractivity contribution in [3.63, 3.8) is 0 Å². The van der Waals surface area contributed by atoms with Gasteiger partial charge in [-0.2, -0.15) is 13.1 Å². The van der Waals surface area contributed by atoms with Crippen LogP contribution in [0, 0.1) is 0 Å². The Bertz CT molecular complexity index is 396. The van der Waals surface area contributed by atoms with E-state index in [9.17, 15) is 8.42 Å². The van der Waals surface area contributed by atoms with Crippen LogP contribution in [0.4, 0.5) is 0 Å². The number of nitrogens with zero attached hydrogens (tertiary/aromatic N) is 2. The maximum atomic E-state index is 11.5. The number of aliphatic imine (C=N–C) groups is 1. The van der Waals surface area contributed by atoms with E-state index in [1.807, 2.05) is 6.92 Å². The number of ether oxygens (including phenoxy) is 1. The SMILES string of the molecule is C=C(/N=C\N(C)C(C)OCO)NS(=O)(=O)NCCC. The monoisotopic (exact) mass is 294 g/mol. The van der Waals surface area contributed by atoms with E-state index in [0.29, 0.717) is 13.0 Å². The zero-order valence-corrected chi connectivity index (χ0v) is 12.3. The highest BCUT2D eigenvalue weighted by molar-refractivity contribution is 7.87. The van der Waals surface area contributed by atoms with E-state index in [1.54, 1.807) is 18.9 Å². The van der Waals surface area contributed by atoms with Crippen molar-refractivity contribution in [2.24, 2.45) is 4.99 Å². The lowest BCUT2D eigenvalue weighted by atomic mass is 10.5. The average Bonchev–Trinajstić information content (AvgIpc) is 2.33.